The summed E-state index contributed by atoms with van der Waals surface area (Å²) in [6.07, 6.45) is 7.39. The van der Waals surface area contributed by atoms with Crippen LogP contribution in [0.25, 0.3) is 0 Å². The lowest BCUT2D eigenvalue weighted by Crippen LogP contribution is -2.65. The van der Waals surface area contributed by atoms with Crippen LogP contribution in [-0.2, 0) is 9.59 Å². The summed E-state index contributed by atoms with van der Waals surface area (Å²) in [5.41, 5.74) is -0.423. The minimum absolute atomic E-state index is 0.0965. The largest absolute Gasteiger partial charge is 0.490 e. The van der Waals surface area contributed by atoms with Crippen molar-refractivity contribution in [2.75, 3.05) is 0 Å². The molecule has 5 saturated carbocycles. The van der Waals surface area contributed by atoms with Gasteiger partial charge in [-0.3, -0.25) is 14.5 Å². The van der Waals surface area contributed by atoms with Crippen molar-refractivity contribution in [1.29, 1.82) is 0 Å². The molecule has 186 valence electrons. The summed E-state index contributed by atoms with van der Waals surface area (Å²) in [5.74, 6) is -0.969. The van der Waals surface area contributed by atoms with Gasteiger partial charge >= 0.3 is 23.8 Å². The monoisotopic (exact) mass is 500 g/mol. The maximum Gasteiger partial charge on any atom is 0.335 e. The number of carbonyl (C=O) groups is 4. The van der Waals surface area contributed by atoms with Gasteiger partial charge in [0.15, 0.2) is 0 Å². The lowest BCUT2D eigenvalue weighted by atomic mass is 9.52. The number of halogens is 1. The van der Waals surface area contributed by atoms with Gasteiger partial charge in [-0.2, -0.15) is 0 Å². The fraction of sp³-hybridized carbons (Fsp3) is 0.615. The third kappa shape index (κ3) is 3.72. The number of alkyl halides is 1. The van der Waals surface area contributed by atoms with E-state index in [1.165, 1.54) is 21.9 Å². The highest BCUT2D eigenvalue weighted by atomic mass is 35.5. The zero-order valence-corrected chi connectivity index (χ0v) is 20.2. The van der Waals surface area contributed by atoms with Crippen LogP contribution in [0.4, 0.5) is 4.79 Å². The van der Waals surface area contributed by atoms with Gasteiger partial charge in [0.2, 0.25) is 0 Å². The molecular weight excluding hydrogens is 472 g/mol. The van der Waals surface area contributed by atoms with Crippen LogP contribution in [0.1, 0.15) is 74.6 Å². The molecule has 1 aromatic carbocycles. The first-order valence-electron chi connectivity index (χ1n) is 12.6. The highest BCUT2D eigenvalue weighted by molar-refractivity contribution is 6.45. The van der Waals surface area contributed by atoms with Crippen molar-refractivity contribution < 1.29 is 29.0 Å². The molecule has 1 aromatic rings. The number of benzene rings is 1. The second-order valence-electron chi connectivity index (χ2n) is 11.3. The van der Waals surface area contributed by atoms with Crippen molar-refractivity contribution in [2.45, 2.75) is 86.8 Å². The minimum atomic E-state index is -0.990. The van der Waals surface area contributed by atoms with Crippen LogP contribution in [0.2, 0.25) is 0 Å². The van der Waals surface area contributed by atoms with E-state index in [0.717, 1.165) is 32.1 Å². The normalized spacial score (nSPS) is 38.4. The number of carbonyl (C=O) groups excluding carboxylic acids is 3. The molecule has 1 saturated heterocycles. The van der Waals surface area contributed by atoms with E-state index in [4.69, 9.17) is 21.4 Å². The standard InChI is InChI=1S/C26H29ClN2O6/c27-25-10-15-9-16(11-25)13-26(12-15,14-25)29-22(31)21(30)28(24(29)34)18-3-7-20(8-4-18)35-19-5-1-17(2-6-19)23(32)33/h1-2,5-6,15-16,18,20H,3-4,7-14H2,(H,32,33). The van der Waals surface area contributed by atoms with Crippen LogP contribution in [-0.4, -0.2) is 61.3 Å². The maximum absolute atomic E-state index is 13.6. The van der Waals surface area contributed by atoms with Crippen LogP contribution < -0.4 is 4.74 Å². The quantitative estimate of drug-likeness (QED) is 0.369. The molecule has 0 radical (unpaired) electrons. The number of hydrogen-bond acceptors (Lipinski definition) is 5. The van der Waals surface area contributed by atoms with E-state index in [1.54, 1.807) is 12.1 Å². The molecule has 8 nitrogen and oxygen atoms in total. The van der Waals surface area contributed by atoms with Gasteiger partial charge in [-0.05, 0) is 100 Å². The number of ether oxygens (including phenoxy) is 1. The molecule has 1 heterocycles. The third-order valence-electron chi connectivity index (χ3n) is 8.85. The van der Waals surface area contributed by atoms with Gasteiger partial charge in [-0.1, -0.05) is 0 Å². The highest BCUT2D eigenvalue weighted by Gasteiger charge is 2.65. The van der Waals surface area contributed by atoms with E-state index < -0.39 is 29.4 Å². The number of imide groups is 2. The first-order chi connectivity index (χ1) is 16.7. The number of carboxylic acids is 1. The van der Waals surface area contributed by atoms with Crippen molar-refractivity contribution in [3.8, 4) is 5.75 Å². The zero-order valence-electron chi connectivity index (χ0n) is 19.5. The molecule has 9 heteroatoms. The fourth-order valence-corrected chi connectivity index (χ4v) is 8.56. The smallest absolute Gasteiger partial charge is 0.335 e. The van der Waals surface area contributed by atoms with E-state index >= 15 is 0 Å². The van der Waals surface area contributed by atoms with Crippen LogP contribution in [0.15, 0.2) is 24.3 Å². The molecule has 6 aliphatic rings. The number of aromatic carboxylic acids is 1. The van der Waals surface area contributed by atoms with Crippen LogP contribution in [0.5, 0.6) is 5.75 Å². The number of carboxylic acid groups (broad SMARTS) is 1. The molecule has 0 spiro atoms. The average Bonchev–Trinajstić information content (AvgIpc) is 3.01. The van der Waals surface area contributed by atoms with Gasteiger partial charge in [0.25, 0.3) is 0 Å². The molecule has 4 amide bonds. The van der Waals surface area contributed by atoms with Gasteiger partial charge in [0.1, 0.15) is 5.75 Å². The highest BCUT2D eigenvalue weighted by Crippen LogP contribution is 2.62. The molecule has 0 aromatic heterocycles. The Morgan fingerprint density at radius 3 is 2.14 bits per heavy atom. The SMILES string of the molecule is O=C(O)c1ccc(OC2CCC(N3C(=O)C(=O)N(C45CC6CC(CC(Cl)(C6)C4)C5)C3=O)CC2)cc1. The Kier molecular flexibility index (Phi) is 5.18. The molecular formula is C26H29ClN2O6. The molecule has 35 heavy (non-hydrogen) atoms. The Bertz CT molecular complexity index is 1080. The zero-order chi connectivity index (χ0) is 24.5. The van der Waals surface area contributed by atoms with Crippen molar-refractivity contribution >= 4 is 35.4 Å². The molecule has 7 rings (SSSR count). The predicted molar refractivity (Wildman–Crippen MR) is 125 cm³/mol. The lowest BCUT2D eigenvalue weighted by Gasteiger charge is -2.61. The van der Waals surface area contributed by atoms with Crippen molar-refractivity contribution in [2.24, 2.45) is 11.8 Å². The van der Waals surface area contributed by atoms with Gasteiger partial charge in [-0.25, -0.2) is 14.5 Å². The lowest BCUT2D eigenvalue weighted by molar-refractivity contribution is -0.150. The summed E-state index contributed by atoms with van der Waals surface area (Å²) in [7, 11) is 0. The third-order valence-corrected chi connectivity index (χ3v) is 9.29. The molecule has 5 aliphatic carbocycles. The van der Waals surface area contributed by atoms with Crippen molar-refractivity contribution in [1.82, 2.24) is 9.80 Å². The molecule has 6 fully saturated rings. The molecule has 4 bridgehead atoms. The Balaban J connectivity index is 1.13. The Morgan fingerprint density at radius 2 is 1.57 bits per heavy atom. The summed E-state index contributed by atoms with van der Waals surface area (Å²) < 4.78 is 6.00. The summed E-state index contributed by atoms with van der Waals surface area (Å²) in [6.45, 7) is 0. The molecule has 2 atom stereocenters. The Labute approximate surface area is 208 Å². The maximum atomic E-state index is 13.6. The van der Waals surface area contributed by atoms with E-state index in [9.17, 15) is 19.2 Å². The molecule has 1 N–H and O–H groups in total. The van der Waals surface area contributed by atoms with Crippen LogP contribution in [0, 0.1) is 11.8 Å². The summed E-state index contributed by atoms with van der Waals surface area (Å²) in [4.78, 5) is 53.0. The summed E-state index contributed by atoms with van der Waals surface area (Å²) in [6, 6.07) is 5.48. The molecule has 1 aliphatic heterocycles. The van der Waals surface area contributed by atoms with Gasteiger partial charge in [-0.15, -0.1) is 11.6 Å². The second kappa shape index (κ2) is 7.95. The van der Waals surface area contributed by atoms with Gasteiger partial charge < -0.3 is 9.84 Å². The van der Waals surface area contributed by atoms with Crippen LogP contribution >= 0.6 is 11.6 Å². The minimum Gasteiger partial charge on any atom is -0.490 e. The summed E-state index contributed by atoms with van der Waals surface area (Å²) in [5, 5.41) is 9.03. The van der Waals surface area contributed by atoms with Crippen molar-refractivity contribution in [3.05, 3.63) is 29.8 Å². The van der Waals surface area contributed by atoms with Gasteiger partial charge in [0.05, 0.1) is 17.2 Å². The van der Waals surface area contributed by atoms with E-state index in [1.807, 2.05) is 0 Å². The second-order valence-corrected chi connectivity index (χ2v) is 12.1. The van der Waals surface area contributed by atoms with Crippen molar-refractivity contribution in [3.63, 3.8) is 0 Å². The van der Waals surface area contributed by atoms with E-state index in [2.05, 4.69) is 0 Å². The Hall–Kier alpha value is -2.61. The number of nitrogens with zero attached hydrogens (tertiary/aromatic N) is 2. The number of urea groups is 1. The predicted octanol–water partition coefficient (Wildman–Crippen LogP) is 4.20. The first-order valence-corrected chi connectivity index (χ1v) is 12.9. The van der Waals surface area contributed by atoms with E-state index in [0.29, 0.717) is 49.7 Å². The average molecular weight is 501 g/mol. The number of rotatable bonds is 5. The van der Waals surface area contributed by atoms with E-state index in [-0.39, 0.29) is 22.6 Å². The number of hydrogen-bond donors (Lipinski definition) is 1. The van der Waals surface area contributed by atoms with Gasteiger partial charge in [0, 0.05) is 10.9 Å². The molecule has 2 unspecified atom stereocenters. The summed E-state index contributed by atoms with van der Waals surface area (Å²) >= 11 is 6.93. The fourth-order valence-electron chi connectivity index (χ4n) is 7.88. The van der Waals surface area contributed by atoms with Crippen LogP contribution in [0.3, 0.4) is 0 Å². The topological polar surface area (TPSA) is 104 Å². The number of amides is 4. The first kappa shape index (κ1) is 22.8. The Morgan fingerprint density at radius 1 is 0.943 bits per heavy atom.